The third-order valence-corrected chi connectivity index (χ3v) is 4.09. The van der Waals surface area contributed by atoms with E-state index in [4.69, 9.17) is 10.9 Å². The van der Waals surface area contributed by atoms with Crippen LogP contribution in [-0.4, -0.2) is 13.4 Å². The van der Waals surface area contributed by atoms with Crippen molar-refractivity contribution < 1.29 is 8.42 Å². The summed E-state index contributed by atoms with van der Waals surface area (Å²) < 4.78 is 21.4. The molecule has 1 heterocycles. The number of nitrogens with two attached hydrogens (primary N) is 2. The molecule has 0 atom stereocenters. The Morgan fingerprint density at radius 2 is 1.46 bits per heavy atom. The quantitative estimate of drug-likeness (QED) is 0.715. The van der Waals surface area contributed by atoms with E-state index in [9.17, 15) is 8.42 Å². The Bertz CT molecular complexity index is 812. The molecule has 0 unspecified atom stereocenters. The van der Waals surface area contributed by atoms with Gasteiger partial charge in [-0.2, -0.15) is 0 Å². The Kier molecular flexibility index (Phi) is 6.06. The number of primary sulfonamides is 1. The molecule has 0 amide bonds. The Balaban J connectivity index is 0.000000177. The number of hydrogen-bond donors (Lipinski definition) is 2. The number of pyridine rings is 1. The molecule has 0 bridgehead atoms. The van der Waals surface area contributed by atoms with Gasteiger partial charge in [-0.05, 0) is 42.0 Å². The molecule has 0 aliphatic heterocycles. The molecule has 4 N–H and O–H groups in total. The number of anilines is 1. The standard InChI is InChI=1S/C12H11N.C6H8N2O2S/c1-2-6-11(7-3-1)10-12-8-4-5-9-13-12;7-5-1-3-6(4-2-5)11(8,9)10/h1-9H,10H2;1-4H,7H2,(H2,8,9,10). The van der Waals surface area contributed by atoms with Crippen molar-refractivity contribution in [2.24, 2.45) is 5.14 Å². The summed E-state index contributed by atoms with van der Waals surface area (Å²) in [4.78, 5) is 4.35. The van der Waals surface area contributed by atoms with Gasteiger partial charge in [-0.25, -0.2) is 13.6 Å². The fraction of sp³-hybridized carbons (Fsp3) is 0.0556. The van der Waals surface area contributed by atoms with Gasteiger partial charge in [0, 0.05) is 24.0 Å². The molecule has 1 aromatic heterocycles. The molecular formula is C18H19N3O2S. The normalized spacial score (nSPS) is 10.5. The van der Waals surface area contributed by atoms with Crippen LogP contribution in [0.4, 0.5) is 5.69 Å². The van der Waals surface area contributed by atoms with Crippen molar-refractivity contribution >= 4 is 15.7 Å². The van der Waals surface area contributed by atoms with Gasteiger partial charge in [0.2, 0.25) is 10.0 Å². The van der Waals surface area contributed by atoms with Crippen LogP contribution in [0.5, 0.6) is 0 Å². The lowest BCUT2D eigenvalue weighted by molar-refractivity contribution is 0.598. The zero-order valence-corrected chi connectivity index (χ0v) is 13.9. The van der Waals surface area contributed by atoms with E-state index in [1.54, 1.807) is 0 Å². The maximum absolute atomic E-state index is 10.7. The maximum Gasteiger partial charge on any atom is 0.238 e. The third kappa shape index (κ3) is 5.83. The van der Waals surface area contributed by atoms with Gasteiger partial charge >= 0.3 is 0 Å². The first-order chi connectivity index (χ1) is 11.4. The number of aromatic nitrogens is 1. The predicted octanol–water partition coefficient (Wildman–Crippen LogP) is 2.59. The van der Waals surface area contributed by atoms with Gasteiger partial charge < -0.3 is 5.73 Å². The van der Waals surface area contributed by atoms with E-state index < -0.39 is 10.0 Å². The maximum atomic E-state index is 10.7. The molecule has 3 aromatic rings. The Morgan fingerprint density at radius 3 is 2.00 bits per heavy atom. The first kappa shape index (κ1) is 17.7. The second-order valence-electron chi connectivity index (χ2n) is 5.10. The van der Waals surface area contributed by atoms with E-state index >= 15 is 0 Å². The van der Waals surface area contributed by atoms with Crippen LogP contribution in [-0.2, 0) is 16.4 Å². The van der Waals surface area contributed by atoms with Gasteiger partial charge in [0.1, 0.15) is 0 Å². The minimum Gasteiger partial charge on any atom is -0.399 e. The first-order valence-corrected chi connectivity index (χ1v) is 8.82. The fourth-order valence-corrected chi connectivity index (χ4v) is 2.48. The fourth-order valence-electron chi connectivity index (χ4n) is 1.97. The second-order valence-corrected chi connectivity index (χ2v) is 6.66. The molecule has 5 nitrogen and oxygen atoms in total. The van der Waals surface area contributed by atoms with Crippen LogP contribution in [0.25, 0.3) is 0 Å². The van der Waals surface area contributed by atoms with Crippen molar-refractivity contribution in [1.29, 1.82) is 0 Å². The van der Waals surface area contributed by atoms with Crippen molar-refractivity contribution in [2.75, 3.05) is 5.73 Å². The van der Waals surface area contributed by atoms with Crippen molar-refractivity contribution in [3.8, 4) is 0 Å². The molecule has 0 spiro atoms. The SMILES string of the molecule is Nc1ccc(S(N)(=O)=O)cc1.c1ccc(Cc2ccccn2)cc1. The molecule has 0 saturated heterocycles. The number of nitrogens with zero attached hydrogens (tertiary/aromatic N) is 1. The van der Waals surface area contributed by atoms with Crippen LogP contribution in [0.1, 0.15) is 11.3 Å². The first-order valence-electron chi connectivity index (χ1n) is 7.27. The van der Waals surface area contributed by atoms with Gasteiger partial charge in [0.15, 0.2) is 0 Å². The van der Waals surface area contributed by atoms with Crippen LogP contribution in [0.3, 0.4) is 0 Å². The molecular weight excluding hydrogens is 322 g/mol. The molecule has 0 fully saturated rings. The summed E-state index contributed by atoms with van der Waals surface area (Å²) in [6, 6.07) is 22.1. The molecule has 0 aliphatic carbocycles. The summed E-state index contributed by atoms with van der Waals surface area (Å²) in [5, 5.41) is 4.84. The highest BCUT2D eigenvalue weighted by atomic mass is 32.2. The van der Waals surface area contributed by atoms with Crippen LogP contribution in [0.2, 0.25) is 0 Å². The van der Waals surface area contributed by atoms with Crippen molar-refractivity contribution in [1.82, 2.24) is 4.98 Å². The zero-order chi connectivity index (χ0) is 17.4. The lowest BCUT2D eigenvalue weighted by Crippen LogP contribution is -2.11. The minimum absolute atomic E-state index is 0.0756. The highest BCUT2D eigenvalue weighted by molar-refractivity contribution is 7.89. The Morgan fingerprint density at radius 1 is 0.833 bits per heavy atom. The van der Waals surface area contributed by atoms with Crippen LogP contribution in [0, 0.1) is 0 Å². The Labute approximate surface area is 142 Å². The van der Waals surface area contributed by atoms with E-state index in [1.165, 1.54) is 29.8 Å². The monoisotopic (exact) mass is 341 g/mol. The summed E-state index contributed by atoms with van der Waals surface area (Å²) in [5.41, 5.74) is 8.27. The number of rotatable bonds is 3. The average Bonchev–Trinajstić information content (AvgIpc) is 2.57. The van der Waals surface area contributed by atoms with Crippen molar-refractivity contribution in [3.05, 3.63) is 90.3 Å². The number of benzene rings is 2. The highest BCUT2D eigenvalue weighted by Gasteiger charge is 2.05. The molecule has 2 aromatic carbocycles. The smallest absolute Gasteiger partial charge is 0.238 e. The average molecular weight is 341 g/mol. The van der Waals surface area contributed by atoms with Gasteiger partial charge in [0.25, 0.3) is 0 Å². The van der Waals surface area contributed by atoms with Gasteiger partial charge in [-0.1, -0.05) is 36.4 Å². The summed E-state index contributed by atoms with van der Waals surface area (Å²) in [5.74, 6) is 0. The molecule has 124 valence electrons. The molecule has 3 rings (SSSR count). The zero-order valence-electron chi connectivity index (χ0n) is 13.0. The largest absolute Gasteiger partial charge is 0.399 e. The van der Waals surface area contributed by atoms with E-state index in [-0.39, 0.29) is 4.90 Å². The third-order valence-electron chi connectivity index (χ3n) is 3.16. The molecule has 6 heteroatoms. The van der Waals surface area contributed by atoms with Gasteiger partial charge in [-0.3, -0.25) is 4.98 Å². The Hall–Kier alpha value is -2.70. The minimum atomic E-state index is -3.58. The summed E-state index contributed by atoms with van der Waals surface area (Å²) >= 11 is 0. The molecule has 24 heavy (non-hydrogen) atoms. The second kappa shape index (κ2) is 8.24. The van der Waals surface area contributed by atoms with E-state index in [1.807, 2.05) is 30.5 Å². The number of sulfonamides is 1. The summed E-state index contributed by atoms with van der Waals surface area (Å²) in [7, 11) is -3.58. The molecule has 0 radical (unpaired) electrons. The van der Waals surface area contributed by atoms with Crippen molar-refractivity contribution in [3.63, 3.8) is 0 Å². The van der Waals surface area contributed by atoms with E-state index in [0.29, 0.717) is 5.69 Å². The summed E-state index contributed by atoms with van der Waals surface area (Å²) in [6.45, 7) is 0. The molecule has 0 aliphatic rings. The van der Waals surface area contributed by atoms with Crippen LogP contribution < -0.4 is 10.9 Å². The lowest BCUT2D eigenvalue weighted by Gasteiger charge is -1.99. The predicted molar refractivity (Wildman–Crippen MR) is 95.7 cm³/mol. The van der Waals surface area contributed by atoms with E-state index in [2.05, 4.69) is 29.2 Å². The van der Waals surface area contributed by atoms with Crippen LogP contribution >= 0.6 is 0 Å². The number of nitrogen functional groups attached to an aromatic ring is 1. The van der Waals surface area contributed by atoms with Gasteiger partial charge in [-0.15, -0.1) is 0 Å². The van der Waals surface area contributed by atoms with Gasteiger partial charge in [0.05, 0.1) is 4.90 Å². The number of hydrogen-bond acceptors (Lipinski definition) is 4. The molecule has 0 saturated carbocycles. The van der Waals surface area contributed by atoms with Crippen molar-refractivity contribution in [2.45, 2.75) is 11.3 Å². The highest BCUT2D eigenvalue weighted by Crippen LogP contribution is 2.09. The summed E-state index contributed by atoms with van der Waals surface area (Å²) in [6.07, 6.45) is 2.75. The topological polar surface area (TPSA) is 99.1 Å². The van der Waals surface area contributed by atoms with Crippen LogP contribution in [0.15, 0.2) is 83.9 Å². The lowest BCUT2D eigenvalue weighted by atomic mass is 10.1. The van der Waals surface area contributed by atoms with E-state index in [0.717, 1.165) is 12.1 Å².